The smallest absolute Gasteiger partial charge is 0.247 e. The van der Waals surface area contributed by atoms with Gasteiger partial charge in [-0.3, -0.25) is 0 Å². The molecular formula is C22H20ClNO3S. The molecule has 1 atom stereocenters. The molecule has 1 aliphatic heterocycles. The molecule has 1 heterocycles. The third kappa shape index (κ3) is 3.41. The summed E-state index contributed by atoms with van der Waals surface area (Å²) in [5.74, 6) is 0.220. The van der Waals surface area contributed by atoms with E-state index in [9.17, 15) is 8.42 Å². The Balaban J connectivity index is 1.88. The molecule has 3 aromatic rings. The van der Waals surface area contributed by atoms with Crippen LogP contribution in [0.4, 0.5) is 0 Å². The molecule has 0 unspecified atom stereocenters. The average molecular weight is 414 g/mol. The second-order valence-corrected chi connectivity index (χ2v) is 9.05. The van der Waals surface area contributed by atoms with E-state index >= 15 is 0 Å². The van der Waals surface area contributed by atoms with E-state index in [0.29, 0.717) is 5.02 Å². The average Bonchev–Trinajstić information content (AvgIpc) is 2.80. The van der Waals surface area contributed by atoms with Crippen molar-refractivity contribution >= 4 is 21.6 Å². The van der Waals surface area contributed by atoms with Crippen molar-refractivity contribution in [3.8, 4) is 5.75 Å². The Labute approximate surface area is 170 Å². The van der Waals surface area contributed by atoms with Crippen molar-refractivity contribution in [1.29, 1.82) is 0 Å². The van der Waals surface area contributed by atoms with E-state index < -0.39 is 16.1 Å². The van der Waals surface area contributed by atoms with Crippen molar-refractivity contribution in [1.82, 2.24) is 4.31 Å². The molecule has 144 valence electrons. The molecule has 0 radical (unpaired) electrons. The van der Waals surface area contributed by atoms with Gasteiger partial charge in [-0.2, -0.15) is 4.31 Å². The fourth-order valence-electron chi connectivity index (χ4n) is 3.46. The van der Waals surface area contributed by atoms with Crippen LogP contribution >= 0.6 is 11.6 Å². The SMILES string of the molecule is Cc1ccccc1CN1[C@@H](c2ccccc2)COc2c(Cl)cccc2S1(=O)=O. The number of rotatable bonds is 3. The van der Waals surface area contributed by atoms with Crippen molar-refractivity contribution in [2.24, 2.45) is 0 Å². The predicted molar refractivity (Wildman–Crippen MR) is 110 cm³/mol. The Kier molecular flexibility index (Phi) is 5.15. The molecule has 1 aliphatic rings. The van der Waals surface area contributed by atoms with Gasteiger partial charge in [0.2, 0.25) is 10.0 Å². The molecule has 6 heteroatoms. The van der Waals surface area contributed by atoms with E-state index in [2.05, 4.69) is 0 Å². The van der Waals surface area contributed by atoms with Crippen LogP contribution in [0, 0.1) is 6.92 Å². The predicted octanol–water partition coefficient (Wildman–Crippen LogP) is 4.97. The number of hydrogen-bond donors (Lipinski definition) is 0. The largest absolute Gasteiger partial charge is 0.489 e. The summed E-state index contributed by atoms with van der Waals surface area (Å²) in [7, 11) is -3.83. The van der Waals surface area contributed by atoms with E-state index in [0.717, 1.165) is 16.7 Å². The topological polar surface area (TPSA) is 46.6 Å². The summed E-state index contributed by atoms with van der Waals surface area (Å²) in [5, 5.41) is 0.297. The highest BCUT2D eigenvalue weighted by atomic mass is 35.5. The minimum Gasteiger partial charge on any atom is -0.489 e. The van der Waals surface area contributed by atoms with Crippen LogP contribution in [-0.4, -0.2) is 19.3 Å². The lowest BCUT2D eigenvalue weighted by Gasteiger charge is -2.29. The lowest BCUT2D eigenvalue weighted by atomic mass is 10.1. The summed E-state index contributed by atoms with van der Waals surface area (Å²) in [6.45, 7) is 2.42. The summed E-state index contributed by atoms with van der Waals surface area (Å²) in [6, 6.07) is 21.7. The second kappa shape index (κ2) is 7.59. The van der Waals surface area contributed by atoms with Crippen molar-refractivity contribution in [3.05, 3.63) is 94.5 Å². The van der Waals surface area contributed by atoms with Crippen LogP contribution in [0.5, 0.6) is 5.75 Å². The highest BCUT2D eigenvalue weighted by Crippen LogP contribution is 2.41. The van der Waals surface area contributed by atoms with Gasteiger partial charge >= 0.3 is 0 Å². The van der Waals surface area contributed by atoms with Gasteiger partial charge in [-0.1, -0.05) is 72.3 Å². The Bertz CT molecular complexity index is 1100. The molecule has 0 saturated carbocycles. The van der Waals surface area contributed by atoms with Crippen LogP contribution in [0.2, 0.25) is 5.02 Å². The molecule has 0 amide bonds. The van der Waals surface area contributed by atoms with Gasteiger partial charge in [-0.25, -0.2) is 8.42 Å². The molecule has 0 N–H and O–H groups in total. The van der Waals surface area contributed by atoms with E-state index in [1.165, 1.54) is 4.31 Å². The van der Waals surface area contributed by atoms with Crippen molar-refractivity contribution in [3.63, 3.8) is 0 Å². The first-order valence-electron chi connectivity index (χ1n) is 9.01. The zero-order chi connectivity index (χ0) is 19.7. The molecule has 4 nitrogen and oxygen atoms in total. The first-order chi connectivity index (χ1) is 13.5. The zero-order valence-electron chi connectivity index (χ0n) is 15.4. The van der Waals surface area contributed by atoms with Crippen LogP contribution in [0.3, 0.4) is 0 Å². The van der Waals surface area contributed by atoms with E-state index in [-0.39, 0.29) is 23.8 Å². The monoisotopic (exact) mass is 413 g/mol. The quantitative estimate of drug-likeness (QED) is 0.608. The van der Waals surface area contributed by atoms with Gasteiger partial charge in [0.25, 0.3) is 0 Å². The number of ether oxygens (including phenoxy) is 1. The zero-order valence-corrected chi connectivity index (χ0v) is 17.0. The highest BCUT2D eigenvalue weighted by molar-refractivity contribution is 7.89. The molecule has 0 aromatic heterocycles. The Morgan fingerprint density at radius 2 is 1.71 bits per heavy atom. The summed E-state index contributed by atoms with van der Waals surface area (Å²) < 4.78 is 34.8. The van der Waals surface area contributed by atoms with Gasteiger partial charge in [0.15, 0.2) is 5.75 Å². The third-order valence-corrected chi connectivity index (χ3v) is 7.20. The number of aryl methyl sites for hydroxylation is 1. The van der Waals surface area contributed by atoms with E-state index in [4.69, 9.17) is 16.3 Å². The normalized spacial score (nSPS) is 18.7. The van der Waals surface area contributed by atoms with Gasteiger partial charge in [-0.05, 0) is 35.7 Å². The Morgan fingerprint density at radius 3 is 2.46 bits per heavy atom. The van der Waals surface area contributed by atoms with Crippen LogP contribution in [-0.2, 0) is 16.6 Å². The fraction of sp³-hybridized carbons (Fsp3) is 0.182. The molecular weight excluding hydrogens is 394 g/mol. The number of halogens is 1. The van der Waals surface area contributed by atoms with Gasteiger partial charge < -0.3 is 4.74 Å². The van der Waals surface area contributed by atoms with Crippen LogP contribution in [0.1, 0.15) is 22.7 Å². The first-order valence-corrected chi connectivity index (χ1v) is 10.8. The molecule has 4 rings (SSSR count). The van der Waals surface area contributed by atoms with Crippen molar-refractivity contribution < 1.29 is 13.2 Å². The maximum absolute atomic E-state index is 13.7. The standard InChI is InChI=1S/C22H20ClNO3S/c1-16-8-5-6-11-18(16)14-24-20(17-9-3-2-4-10-17)15-27-22-19(23)12-7-13-21(22)28(24,25)26/h2-13,20H,14-15H2,1H3/t20-/m1/s1. The van der Waals surface area contributed by atoms with Crippen LogP contribution in [0.15, 0.2) is 77.7 Å². The Hall–Kier alpha value is -2.34. The molecule has 0 aliphatic carbocycles. The molecule has 0 saturated heterocycles. The maximum atomic E-state index is 13.7. The fourth-order valence-corrected chi connectivity index (χ4v) is 5.48. The number of hydrogen-bond acceptors (Lipinski definition) is 3. The molecule has 0 fully saturated rings. The number of nitrogens with zero attached hydrogens (tertiary/aromatic N) is 1. The molecule has 28 heavy (non-hydrogen) atoms. The molecule has 0 spiro atoms. The minimum atomic E-state index is -3.83. The van der Waals surface area contributed by atoms with E-state index in [1.54, 1.807) is 18.2 Å². The highest BCUT2D eigenvalue weighted by Gasteiger charge is 2.38. The van der Waals surface area contributed by atoms with Crippen LogP contribution < -0.4 is 4.74 Å². The molecule has 3 aromatic carbocycles. The van der Waals surface area contributed by atoms with Gasteiger partial charge in [0, 0.05) is 6.54 Å². The van der Waals surface area contributed by atoms with Crippen molar-refractivity contribution in [2.75, 3.05) is 6.61 Å². The minimum absolute atomic E-state index is 0.104. The number of benzene rings is 3. The van der Waals surface area contributed by atoms with Gasteiger partial charge in [0.05, 0.1) is 11.1 Å². The van der Waals surface area contributed by atoms with E-state index in [1.807, 2.05) is 61.5 Å². The summed E-state index contributed by atoms with van der Waals surface area (Å²) in [4.78, 5) is 0.104. The second-order valence-electron chi connectivity index (χ2n) is 6.78. The maximum Gasteiger partial charge on any atom is 0.247 e. The lowest BCUT2D eigenvalue weighted by molar-refractivity contribution is 0.210. The van der Waals surface area contributed by atoms with Crippen molar-refractivity contribution in [2.45, 2.75) is 24.4 Å². The summed E-state index contributed by atoms with van der Waals surface area (Å²) in [5.41, 5.74) is 2.88. The first kappa shape index (κ1) is 19.0. The lowest BCUT2D eigenvalue weighted by Crippen LogP contribution is -2.35. The number of sulfonamides is 1. The van der Waals surface area contributed by atoms with Gasteiger partial charge in [0.1, 0.15) is 11.5 Å². The third-order valence-electron chi connectivity index (χ3n) is 5.02. The number of para-hydroxylation sites is 1. The molecule has 0 bridgehead atoms. The van der Waals surface area contributed by atoms with Gasteiger partial charge in [-0.15, -0.1) is 0 Å². The number of fused-ring (bicyclic) bond motifs is 1. The summed E-state index contributed by atoms with van der Waals surface area (Å²) >= 11 is 6.26. The summed E-state index contributed by atoms with van der Waals surface area (Å²) in [6.07, 6.45) is 0. The van der Waals surface area contributed by atoms with Crippen LogP contribution in [0.25, 0.3) is 0 Å². The Morgan fingerprint density at radius 1 is 1.00 bits per heavy atom.